The third-order valence-electron chi connectivity index (χ3n) is 4.94. The Balaban J connectivity index is 0.00000450. The van der Waals surface area contributed by atoms with E-state index >= 15 is 0 Å². The van der Waals surface area contributed by atoms with E-state index in [4.69, 9.17) is 4.74 Å². The van der Waals surface area contributed by atoms with Gasteiger partial charge in [-0.15, -0.1) is 0 Å². The normalized spacial score (nSPS) is 11.1. The van der Waals surface area contributed by atoms with Gasteiger partial charge >= 0.3 is 51.4 Å². The molecule has 5 nitrogen and oxygen atoms in total. The van der Waals surface area contributed by atoms with Crippen LogP contribution in [0.25, 0.3) is 0 Å². The first-order valence-corrected chi connectivity index (χ1v) is 11.9. The van der Waals surface area contributed by atoms with Gasteiger partial charge < -0.3 is 9.84 Å². The maximum atomic E-state index is 11.6. The Morgan fingerprint density at radius 3 is 2.13 bits per heavy atom. The molecule has 7 heteroatoms. The van der Waals surface area contributed by atoms with E-state index < -0.39 is 20.8 Å². The Morgan fingerprint density at radius 1 is 0.900 bits per heavy atom. The summed E-state index contributed by atoms with van der Waals surface area (Å²) < 4.78 is 37.7. The largest absolute Gasteiger partial charge is 1.00 e. The van der Waals surface area contributed by atoms with Crippen LogP contribution in [0, 0.1) is 0 Å². The summed E-state index contributed by atoms with van der Waals surface area (Å²) in [5, 5.41) is 11.6. The third kappa shape index (κ3) is 9.81. The zero-order chi connectivity index (χ0) is 21.1. The molecule has 30 heavy (non-hydrogen) atoms. The fourth-order valence-electron chi connectivity index (χ4n) is 3.32. The van der Waals surface area contributed by atoms with Crippen molar-refractivity contribution in [1.29, 1.82) is 0 Å². The van der Waals surface area contributed by atoms with Crippen molar-refractivity contribution < 1.29 is 74.2 Å². The first-order chi connectivity index (χ1) is 13.9. The molecule has 0 aromatic heterocycles. The van der Waals surface area contributed by atoms with Crippen LogP contribution in [-0.2, 0) is 16.5 Å². The van der Waals surface area contributed by atoms with Gasteiger partial charge in [0.15, 0.2) is 0 Å². The molecule has 0 heterocycles. The Labute approximate surface area is 223 Å². The number of aryl methyl sites for hydroxylation is 1. The predicted molar refractivity (Wildman–Crippen MR) is 113 cm³/mol. The second-order valence-corrected chi connectivity index (χ2v) is 8.76. The summed E-state index contributed by atoms with van der Waals surface area (Å²) in [6.07, 6.45) is 12.2. The zero-order valence-electron chi connectivity index (χ0n) is 18.1. The maximum absolute atomic E-state index is 11.6. The van der Waals surface area contributed by atoms with Crippen LogP contribution in [0.3, 0.4) is 0 Å². The van der Waals surface area contributed by atoms with Gasteiger partial charge in [0.1, 0.15) is 11.5 Å². The van der Waals surface area contributed by atoms with Gasteiger partial charge in [0, 0.05) is 6.07 Å². The molecule has 1 N–H and O–H groups in total. The summed E-state index contributed by atoms with van der Waals surface area (Å²) in [4.78, 5) is -0.675. The molecule has 0 radical (unpaired) electrons. The topological polar surface area (TPSA) is 86.7 Å². The predicted octanol–water partition coefficient (Wildman–Crippen LogP) is 2.88. The van der Waals surface area contributed by atoms with Crippen molar-refractivity contribution >= 4 is 10.1 Å². The first kappa shape index (κ1) is 27.6. The van der Waals surface area contributed by atoms with Crippen LogP contribution in [0.1, 0.15) is 70.3 Å². The van der Waals surface area contributed by atoms with E-state index in [1.807, 2.05) is 24.3 Å². The molecule has 0 spiro atoms. The smallest absolute Gasteiger partial charge is 0.872 e. The van der Waals surface area contributed by atoms with Gasteiger partial charge in [-0.2, -0.15) is 8.42 Å². The Kier molecular flexibility index (Phi) is 13.5. The van der Waals surface area contributed by atoms with Crippen molar-refractivity contribution in [3.8, 4) is 17.2 Å². The SMILES string of the molecule is CCCCCCCCCCCc1ccccc1Oc1ccc([O-])c(S(=O)(=O)O)c1.[K+]. The first-order valence-electron chi connectivity index (χ1n) is 10.5. The number of hydrogen-bond acceptors (Lipinski definition) is 4. The molecule has 0 aliphatic heterocycles. The Morgan fingerprint density at radius 2 is 1.50 bits per heavy atom. The van der Waals surface area contributed by atoms with E-state index in [0.717, 1.165) is 30.5 Å². The van der Waals surface area contributed by atoms with E-state index in [1.165, 1.54) is 57.4 Å². The van der Waals surface area contributed by atoms with Crippen LogP contribution < -0.4 is 61.2 Å². The maximum Gasteiger partial charge on any atom is 1.00 e. The number of hydrogen-bond donors (Lipinski definition) is 1. The molecule has 0 atom stereocenters. The van der Waals surface area contributed by atoms with E-state index in [9.17, 15) is 18.1 Å². The number of unbranched alkanes of at least 4 members (excludes halogenated alkanes) is 8. The van der Waals surface area contributed by atoms with Crippen molar-refractivity contribution in [3.63, 3.8) is 0 Å². The van der Waals surface area contributed by atoms with Crippen LogP contribution in [0.4, 0.5) is 0 Å². The average Bonchev–Trinajstić information content (AvgIpc) is 2.68. The van der Waals surface area contributed by atoms with Gasteiger partial charge in [0.25, 0.3) is 10.1 Å². The van der Waals surface area contributed by atoms with Crippen molar-refractivity contribution in [2.24, 2.45) is 0 Å². The van der Waals surface area contributed by atoms with Gasteiger partial charge in [-0.1, -0.05) is 88.3 Å². The van der Waals surface area contributed by atoms with Crippen LogP contribution in [-0.4, -0.2) is 13.0 Å². The summed E-state index contributed by atoms with van der Waals surface area (Å²) in [5.74, 6) is 0.0755. The monoisotopic (exact) mass is 458 g/mol. The van der Waals surface area contributed by atoms with Gasteiger partial charge in [-0.3, -0.25) is 4.55 Å². The van der Waals surface area contributed by atoms with Gasteiger partial charge in [-0.05, 0) is 30.5 Å². The van der Waals surface area contributed by atoms with E-state index in [0.29, 0.717) is 5.75 Å². The fourth-order valence-corrected chi connectivity index (χ4v) is 3.90. The van der Waals surface area contributed by atoms with E-state index in [1.54, 1.807) is 0 Å². The molecular weight excluding hydrogens is 427 g/mol. The van der Waals surface area contributed by atoms with Crippen molar-refractivity contribution in [2.45, 2.75) is 76.0 Å². The molecule has 2 aromatic rings. The number of benzene rings is 2. The average molecular weight is 459 g/mol. The summed E-state index contributed by atoms with van der Waals surface area (Å²) >= 11 is 0. The second kappa shape index (κ2) is 14.6. The van der Waals surface area contributed by atoms with Crippen molar-refractivity contribution in [1.82, 2.24) is 0 Å². The number of ether oxygens (including phenoxy) is 1. The molecule has 0 aliphatic rings. The standard InChI is InChI=1S/C23H32O5S.K/c1-2-3-4-5-6-7-8-9-10-13-19-14-11-12-15-22(19)28-20-16-17-21(24)23(18-20)29(25,26)27;/h11-12,14-18,24H,2-10,13H2,1H3,(H,25,26,27);/q;+1/p-1. The minimum Gasteiger partial charge on any atom is -0.872 e. The van der Waals surface area contributed by atoms with Gasteiger partial charge in [0.05, 0.1) is 4.90 Å². The molecular formula is C23H31KO5S. The van der Waals surface area contributed by atoms with Crippen LogP contribution in [0.5, 0.6) is 17.2 Å². The van der Waals surface area contributed by atoms with Crippen LogP contribution in [0.2, 0.25) is 0 Å². The van der Waals surface area contributed by atoms with Crippen molar-refractivity contribution in [3.05, 3.63) is 48.0 Å². The molecule has 0 unspecified atom stereocenters. The molecule has 0 saturated heterocycles. The van der Waals surface area contributed by atoms with Crippen LogP contribution >= 0.6 is 0 Å². The minimum absolute atomic E-state index is 0. The summed E-state index contributed by atoms with van der Waals surface area (Å²) in [7, 11) is -4.58. The summed E-state index contributed by atoms with van der Waals surface area (Å²) in [6.45, 7) is 2.23. The number of rotatable bonds is 13. The van der Waals surface area contributed by atoms with Gasteiger partial charge in [-0.25, -0.2) is 0 Å². The molecule has 0 aliphatic carbocycles. The second-order valence-electron chi connectivity index (χ2n) is 7.37. The molecule has 2 rings (SSSR count). The minimum atomic E-state index is -4.58. The molecule has 0 amide bonds. The molecule has 0 fully saturated rings. The number of para-hydroxylation sites is 1. The van der Waals surface area contributed by atoms with E-state index in [-0.39, 0.29) is 57.1 Å². The third-order valence-corrected chi connectivity index (χ3v) is 5.82. The van der Waals surface area contributed by atoms with Crippen LogP contribution in [0.15, 0.2) is 47.4 Å². The summed E-state index contributed by atoms with van der Waals surface area (Å²) in [6, 6.07) is 11.2. The van der Waals surface area contributed by atoms with Gasteiger partial charge in [0.2, 0.25) is 0 Å². The van der Waals surface area contributed by atoms with E-state index in [2.05, 4.69) is 6.92 Å². The molecule has 0 saturated carbocycles. The van der Waals surface area contributed by atoms with Crippen molar-refractivity contribution in [2.75, 3.05) is 0 Å². The Bertz CT molecular complexity index is 868. The Hall–Kier alpha value is -0.414. The fraction of sp³-hybridized carbons (Fsp3) is 0.478. The molecule has 2 aromatic carbocycles. The summed E-state index contributed by atoms with van der Waals surface area (Å²) in [5.41, 5.74) is 1.04. The zero-order valence-corrected chi connectivity index (χ0v) is 22.0. The quantitative estimate of drug-likeness (QED) is 0.283. The molecule has 0 bridgehead atoms. The molecule has 160 valence electrons.